The molecule has 0 radical (unpaired) electrons. The van der Waals surface area contributed by atoms with Gasteiger partial charge in [-0.2, -0.15) is 0 Å². The van der Waals surface area contributed by atoms with Crippen molar-refractivity contribution in [2.24, 2.45) is 10.9 Å². The molecule has 2 N–H and O–H groups in total. The van der Waals surface area contributed by atoms with Crippen molar-refractivity contribution < 1.29 is 9.15 Å². The number of nitrogens with zero attached hydrogens (tertiary/aromatic N) is 1. The first kappa shape index (κ1) is 22.3. The van der Waals surface area contributed by atoms with Gasteiger partial charge in [0.2, 0.25) is 0 Å². The van der Waals surface area contributed by atoms with E-state index in [1.54, 1.807) is 6.26 Å². The van der Waals surface area contributed by atoms with Crippen molar-refractivity contribution in [1.29, 1.82) is 0 Å². The van der Waals surface area contributed by atoms with E-state index in [0.717, 1.165) is 56.7 Å². The largest absolute Gasteiger partial charge is 0.469 e. The highest BCUT2D eigenvalue weighted by Crippen LogP contribution is 2.30. The average molecular weight is 463 g/mol. The molecule has 6 heteroatoms. The topological polar surface area (TPSA) is 58.8 Å². The fourth-order valence-corrected chi connectivity index (χ4v) is 3.40. The number of nitrogens with one attached hydrogen (secondary N) is 2. The molecule has 1 fully saturated rings. The highest BCUT2D eigenvalue weighted by Gasteiger charge is 2.24. The van der Waals surface area contributed by atoms with Gasteiger partial charge in [0, 0.05) is 32.7 Å². The number of rotatable bonds is 10. The molecule has 25 heavy (non-hydrogen) atoms. The first-order chi connectivity index (χ1) is 11.8. The number of guanidine groups is 1. The third-order valence-corrected chi connectivity index (χ3v) is 4.58. The van der Waals surface area contributed by atoms with Crippen LogP contribution in [0.1, 0.15) is 51.7 Å². The van der Waals surface area contributed by atoms with Crippen LogP contribution in [0.2, 0.25) is 0 Å². The van der Waals surface area contributed by atoms with Crippen molar-refractivity contribution in [3.05, 3.63) is 24.2 Å². The third kappa shape index (κ3) is 8.44. The van der Waals surface area contributed by atoms with E-state index < -0.39 is 0 Å². The maximum atomic E-state index is 5.98. The molecular weight excluding hydrogens is 429 g/mol. The molecule has 1 aromatic heterocycles. The minimum atomic E-state index is 0. The summed E-state index contributed by atoms with van der Waals surface area (Å²) >= 11 is 0. The van der Waals surface area contributed by atoms with E-state index in [9.17, 15) is 0 Å². The van der Waals surface area contributed by atoms with Crippen LogP contribution in [-0.4, -0.2) is 38.3 Å². The molecular formula is C19H34IN3O2. The predicted octanol–water partition coefficient (Wildman–Crippen LogP) is 3.98. The van der Waals surface area contributed by atoms with E-state index in [-0.39, 0.29) is 24.0 Å². The lowest BCUT2D eigenvalue weighted by atomic mass is 9.98. The van der Waals surface area contributed by atoms with E-state index in [1.807, 2.05) is 12.1 Å². The van der Waals surface area contributed by atoms with Gasteiger partial charge in [-0.3, -0.25) is 4.99 Å². The summed E-state index contributed by atoms with van der Waals surface area (Å²) in [5.41, 5.74) is 0. The maximum Gasteiger partial charge on any atom is 0.191 e. The van der Waals surface area contributed by atoms with Gasteiger partial charge < -0.3 is 19.8 Å². The van der Waals surface area contributed by atoms with E-state index >= 15 is 0 Å². The van der Waals surface area contributed by atoms with Crippen molar-refractivity contribution in [1.82, 2.24) is 10.6 Å². The van der Waals surface area contributed by atoms with Crippen LogP contribution >= 0.6 is 24.0 Å². The first-order valence-electron chi connectivity index (χ1n) is 9.49. The number of halogens is 1. The zero-order chi connectivity index (χ0) is 17.0. The molecule has 0 spiro atoms. The Morgan fingerprint density at radius 1 is 1.32 bits per heavy atom. The summed E-state index contributed by atoms with van der Waals surface area (Å²) < 4.78 is 11.3. The van der Waals surface area contributed by atoms with Crippen molar-refractivity contribution in [2.75, 3.05) is 26.2 Å². The molecule has 0 saturated heterocycles. The fourth-order valence-electron chi connectivity index (χ4n) is 3.40. The Balaban J connectivity index is 0.00000312. The molecule has 2 rings (SSSR count). The van der Waals surface area contributed by atoms with Crippen LogP contribution in [0.15, 0.2) is 27.8 Å². The third-order valence-electron chi connectivity index (χ3n) is 4.58. The summed E-state index contributed by atoms with van der Waals surface area (Å²) in [6.45, 7) is 7.46. The minimum absolute atomic E-state index is 0. The van der Waals surface area contributed by atoms with Crippen molar-refractivity contribution in [3.8, 4) is 0 Å². The highest BCUT2D eigenvalue weighted by atomic mass is 127. The second-order valence-electron chi connectivity index (χ2n) is 6.34. The maximum absolute atomic E-state index is 5.98. The van der Waals surface area contributed by atoms with Crippen molar-refractivity contribution in [3.63, 3.8) is 0 Å². The Labute approximate surface area is 169 Å². The van der Waals surface area contributed by atoms with Crippen molar-refractivity contribution >= 4 is 29.9 Å². The lowest BCUT2D eigenvalue weighted by Crippen LogP contribution is -2.38. The summed E-state index contributed by atoms with van der Waals surface area (Å²) in [5.74, 6) is 2.61. The van der Waals surface area contributed by atoms with E-state index in [4.69, 9.17) is 14.1 Å². The van der Waals surface area contributed by atoms with Crippen LogP contribution < -0.4 is 10.6 Å². The molecule has 0 amide bonds. The lowest BCUT2D eigenvalue weighted by molar-refractivity contribution is 0.0177. The summed E-state index contributed by atoms with van der Waals surface area (Å²) in [4.78, 5) is 4.71. The molecule has 1 aliphatic carbocycles. The molecule has 1 saturated carbocycles. The van der Waals surface area contributed by atoms with Gasteiger partial charge in [-0.25, -0.2) is 0 Å². The Hall–Kier alpha value is -0.760. The zero-order valence-electron chi connectivity index (χ0n) is 15.6. The number of hydrogen-bond acceptors (Lipinski definition) is 3. The summed E-state index contributed by atoms with van der Waals surface area (Å²) in [7, 11) is 0. The highest BCUT2D eigenvalue weighted by molar-refractivity contribution is 14.0. The number of furan rings is 1. The van der Waals surface area contributed by atoms with E-state index in [1.165, 1.54) is 25.7 Å². The predicted molar refractivity (Wildman–Crippen MR) is 114 cm³/mol. The van der Waals surface area contributed by atoms with Gasteiger partial charge in [-0.15, -0.1) is 24.0 Å². The molecule has 1 heterocycles. The fraction of sp³-hybridized carbons (Fsp3) is 0.737. The monoisotopic (exact) mass is 463 g/mol. The standard InChI is InChI=1S/C19H33N3O2.HI/c1-3-20-19(21-13-11-17-10-7-15-24-17)22-14-12-18(23-4-2)16-8-5-6-9-16;/h7,10,15-16,18H,3-6,8-9,11-14H2,1-2H3,(H2,20,21,22);1H. The summed E-state index contributed by atoms with van der Waals surface area (Å²) in [6, 6.07) is 3.92. The van der Waals surface area contributed by atoms with Gasteiger partial charge in [-0.05, 0) is 51.2 Å². The quantitative estimate of drug-likeness (QED) is 0.313. The molecule has 5 nitrogen and oxygen atoms in total. The van der Waals surface area contributed by atoms with Crippen LogP contribution in [0.25, 0.3) is 0 Å². The molecule has 0 aliphatic heterocycles. The summed E-state index contributed by atoms with van der Waals surface area (Å²) in [6.07, 6.45) is 9.29. The number of aliphatic imine (C=N–C) groups is 1. The van der Waals surface area contributed by atoms with Gasteiger partial charge in [0.05, 0.1) is 12.4 Å². The Kier molecular flexibility index (Phi) is 12.0. The van der Waals surface area contributed by atoms with Gasteiger partial charge in [0.1, 0.15) is 5.76 Å². The van der Waals surface area contributed by atoms with Gasteiger partial charge in [0.15, 0.2) is 5.96 Å². The second-order valence-corrected chi connectivity index (χ2v) is 6.34. The smallest absolute Gasteiger partial charge is 0.191 e. The Morgan fingerprint density at radius 3 is 2.76 bits per heavy atom. The average Bonchev–Trinajstić information content (AvgIpc) is 3.28. The number of ether oxygens (including phenoxy) is 1. The van der Waals surface area contributed by atoms with E-state index in [0.29, 0.717) is 6.10 Å². The van der Waals surface area contributed by atoms with Gasteiger partial charge in [0.25, 0.3) is 0 Å². The van der Waals surface area contributed by atoms with Gasteiger partial charge in [-0.1, -0.05) is 12.8 Å². The van der Waals surface area contributed by atoms with Crippen LogP contribution in [0.5, 0.6) is 0 Å². The molecule has 0 bridgehead atoms. The molecule has 1 unspecified atom stereocenters. The zero-order valence-corrected chi connectivity index (χ0v) is 18.0. The second kappa shape index (κ2) is 13.4. The Bertz CT molecular complexity index is 459. The first-order valence-corrected chi connectivity index (χ1v) is 9.49. The lowest BCUT2D eigenvalue weighted by Gasteiger charge is -2.22. The molecule has 1 atom stereocenters. The number of hydrogen-bond donors (Lipinski definition) is 2. The van der Waals surface area contributed by atoms with Crippen LogP contribution in [0.3, 0.4) is 0 Å². The molecule has 144 valence electrons. The van der Waals surface area contributed by atoms with Crippen molar-refractivity contribution in [2.45, 2.75) is 58.5 Å². The Morgan fingerprint density at radius 2 is 2.12 bits per heavy atom. The molecule has 1 aromatic rings. The van der Waals surface area contributed by atoms with Crippen LogP contribution in [-0.2, 0) is 11.2 Å². The molecule has 1 aliphatic rings. The van der Waals surface area contributed by atoms with E-state index in [2.05, 4.69) is 24.5 Å². The van der Waals surface area contributed by atoms with Crippen LogP contribution in [0.4, 0.5) is 0 Å². The molecule has 0 aromatic carbocycles. The van der Waals surface area contributed by atoms with Gasteiger partial charge >= 0.3 is 0 Å². The SMILES string of the molecule is CCNC(=NCCC(OCC)C1CCCC1)NCCc1ccco1.I. The summed E-state index contributed by atoms with van der Waals surface area (Å²) in [5, 5.41) is 6.68. The van der Waals surface area contributed by atoms with Crippen LogP contribution in [0, 0.1) is 5.92 Å². The normalized spacial score (nSPS) is 16.5. The minimum Gasteiger partial charge on any atom is -0.469 e.